The molecule has 0 spiro atoms. The molecule has 4 heteroatoms. The topological polar surface area (TPSA) is 37.3 Å². The zero-order valence-corrected chi connectivity index (χ0v) is 8.10. The molecule has 0 saturated carbocycles. The van der Waals surface area contributed by atoms with Crippen LogP contribution in [0, 0.1) is 0 Å². The number of halogens is 1. The van der Waals surface area contributed by atoms with Crippen molar-refractivity contribution >= 4 is 38.1 Å². The minimum absolute atomic E-state index is 0.638. The van der Waals surface area contributed by atoms with Gasteiger partial charge in [0.15, 0.2) is 10.8 Å². The van der Waals surface area contributed by atoms with Crippen LogP contribution in [0.5, 0.6) is 0 Å². The summed E-state index contributed by atoms with van der Waals surface area (Å²) < 4.78 is 0. The van der Waals surface area contributed by atoms with E-state index >= 15 is 0 Å². The Kier molecular flexibility index (Phi) is 1.98. The first-order valence-corrected chi connectivity index (χ1v) is 5.34. The second kappa shape index (κ2) is 3.01. The van der Waals surface area contributed by atoms with E-state index in [0.717, 1.165) is 10.8 Å². The monoisotopic (exact) mass is 213 g/mol. The number of benzene rings is 1. The average molecular weight is 214 g/mol. The molecular formula is C9H6ClO2S+. The molecule has 1 aromatic heterocycles. The highest BCUT2D eigenvalue weighted by Crippen LogP contribution is 2.30. The lowest BCUT2D eigenvalue weighted by atomic mass is 10.2. The molecule has 0 aliphatic rings. The Labute approximate surface area is 82.3 Å². The van der Waals surface area contributed by atoms with Gasteiger partial charge in [-0.1, -0.05) is 11.6 Å². The molecule has 2 rings (SSSR count). The molecule has 1 atom stereocenters. The number of hydrogen-bond donors (Lipinski definition) is 1. The third-order valence-electron chi connectivity index (χ3n) is 1.76. The van der Waals surface area contributed by atoms with Crippen molar-refractivity contribution in [1.29, 1.82) is 0 Å². The zero-order valence-electron chi connectivity index (χ0n) is 6.53. The van der Waals surface area contributed by atoms with Crippen molar-refractivity contribution in [3.05, 3.63) is 34.0 Å². The van der Waals surface area contributed by atoms with Gasteiger partial charge in [0.2, 0.25) is 0 Å². The van der Waals surface area contributed by atoms with E-state index in [1.165, 1.54) is 0 Å². The van der Waals surface area contributed by atoms with Gasteiger partial charge >= 0.3 is 5.30 Å². The molecule has 1 N–H and O–H groups in total. The molecule has 0 fully saturated rings. The molecule has 2 aromatic rings. The first kappa shape index (κ1) is 8.53. The van der Waals surface area contributed by atoms with E-state index in [4.69, 9.17) is 16.7 Å². The molecule has 0 radical (unpaired) electrons. The second-order valence-electron chi connectivity index (χ2n) is 2.65. The molecule has 66 valence electrons. The molecular weight excluding hydrogens is 208 g/mol. The Bertz CT molecular complexity index is 475. The van der Waals surface area contributed by atoms with Gasteiger partial charge in [0.05, 0.1) is 10.5 Å². The number of carboxylic acid groups (broad SMARTS) is 1. The normalized spacial score (nSPS) is 11.9. The number of carbonyl (C=O) groups is 1. The van der Waals surface area contributed by atoms with Crippen LogP contribution < -0.4 is 0 Å². The number of rotatable bonds is 1. The molecule has 13 heavy (non-hydrogen) atoms. The van der Waals surface area contributed by atoms with Gasteiger partial charge in [-0.3, -0.25) is 0 Å². The van der Waals surface area contributed by atoms with Gasteiger partial charge in [-0.05, 0) is 18.2 Å². The van der Waals surface area contributed by atoms with Gasteiger partial charge in [0.25, 0.3) is 0 Å². The van der Waals surface area contributed by atoms with E-state index in [2.05, 4.69) is 0 Å². The second-order valence-corrected chi connectivity index (χ2v) is 4.65. The third-order valence-corrected chi connectivity index (χ3v) is 3.41. The lowest BCUT2D eigenvalue weighted by Gasteiger charge is -1.85. The molecule has 2 nitrogen and oxygen atoms in total. The van der Waals surface area contributed by atoms with Crippen LogP contribution in [0.1, 0.15) is 0 Å². The van der Waals surface area contributed by atoms with Gasteiger partial charge in [0, 0.05) is 15.8 Å². The third kappa shape index (κ3) is 1.53. The first-order valence-electron chi connectivity index (χ1n) is 3.61. The molecule has 0 amide bonds. The van der Waals surface area contributed by atoms with Gasteiger partial charge in [-0.2, -0.15) is 4.79 Å². The van der Waals surface area contributed by atoms with E-state index in [1.807, 2.05) is 6.07 Å². The van der Waals surface area contributed by atoms with E-state index in [1.54, 1.807) is 22.9 Å². The van der Waals surface area contributed by atoms with Crippen LogP contribution in [0.2, 0.25) is 5.02 Å². The van der Waals surface area contributed by atoms with E-state index in [9.17, 15) is 4.79 Å². The summed E-state index contributed by atoms with van der Waals surface area (Å²) in [5.74, 6) is 0. The van der Waals surface area contributed by atoms with Crippen LogP contribution in [-0.2, 0) is 0 Å². The first-order chi connectivity index (χ1) is 6.16. The Morgan fingerprint density at radius 1 is 1.31 bits per heavy atom. The largest absolute Gasteiger partial charge is 0.551 e. The predicted octanol–water partition coefficient (Wildman–Crippen LogP) is 3.77. The van der Waals surface area contributed by atoms with Crippen molar-refractivity contribution in [2.24, 2.45) is 0 Å². The Hall–Kier alpha value is -1.06. The van der Waals surface area contributed by atoms with Crippen LogP contribution in [0.25, 0.3) is 10.8 Å². The lowest BCUT2D eigenvalue weighted by molar-refractivity contribution is 0.221. The molecule has 1 unspecified atom stereocenters. The Morgan fingerprint density at radius 2 is 2.00 bits per heavy atom. The summed E-state index contributed by atoms with van der Waals surface area (Å²) in [4.78, 5) is 10.7. The van der Waals surface area contributed by atoms with Crippen LogP contribution in [0.15, 0.2) is 29.0 Å². The summed E-state index contributed by atoms with van der Waals surface area (Å²) in [6, 6.07) is 5.38. The lowest BCUT2D eigenvalue weighted by Crippen LogP contribution is -1.79. The van der Waals surface area contributed by atoms with Crippen molar-refractivity contribution in [3.8, 4) is 0 Å². The molecule has 0 aliphatic heterocycles. The maximum absolute atomic E-state index is 10.7. The summed E-state index contributed by atoms with van der Waals surface area (Å²) in [5, 5.41) is 13.9. The highest BCUT2D eigenvalue weighted by atomic mass is 35.5. The van der Waals surface area contributed by atoms with E-state index in [0.29, 0.717) is 5.02 Å². The molecule has 1 aromatic carbocycles. The fourth-order valence-corrected chi connectivity index (χ4v) is 2.58. The van der Waals surface area contributed by atoms with Gasteiger partial charge in [0.1, 0.15) is 0 Å². The maximum Gasteiger partial charge on any atom is 0.551 e. The van der Waals surface area contributed by atoms with Gasteiger partial charge in [-0.25, -0.2) is 0 Å². The summed E-state index contributed by atoms with van der Waals surface area (Å²) in [6.45, 7) is 0. The van der Waals surface area contributed by atoms with Crippen LogP contribution in [0.3, 0.4) is 0 Å². The fraction of sp³-hybridized carbons (Fsp3) is 0. The molecule has 0 bridgehead atoms. The van der Waals surface area contributed by atoms with Crippen molar-refractivity contribution in [2.45, 2.75) is 0 Å². The van der Waals surface area contributed by atoms with Crippen molar-refractivity contribution in [1.82, 2.24) is 0 Å². The van der Waals surface area contributed by atoms with Crippen LogP contribution in [-0.4, -0.2) is 10.4 Å². The maximum atomic E-state index is 10.7. The van der Waals surface area contributed by atoms with E-state index in [-0.39, 0.29) is 0 Å². The highest BCUT2D eigenvalue weighted by Gasteiger charge is 2.17. The van der Waals surface area contributed by atoms with Gasteiger partial charge in [-0.15, -0.1) is 0 Å². The Morgan fingerprint density at radius 3 is 2.69 bits per heavy atom. The highest BCUT2D eigenvalue weighted by molar-refractivity contribution is 7.48. The van der Waals surface area contributed by atoms with Gasteiger partial charge < -0.3 is 5.11 Å². The summed E-state index contributed by atoms with van der Waals surface area (Å²) >= 11 is 5.77. The van der Waals surface area contributed by atoms with Crippen molar-refractivity contribution in [2.75, 3.05) is 0 Å². The number of fused-ring (bicyclic) bond motifs is 1. The predicted molar refractivity (Wildman–Crippen MR) is 54.9 cm³/mol. The number of hydrogen-bond acceptors (Lipinski definition) is 1. The zero-order chi connectivity index (χ0) is 9.42. The van der Waals surface area contributed by atoms with E-state index < -0.39 is 15.8 Å². The summed E-state index contributed by atoms with van der Waals surface area (Å²) in [5.41, 5.74) is 0. The fourth-order valence-electron chi connectivity index (χ4n) is 1.16. The van der Waals surface area contributed by atoms with Crippen molar-refractivity contribution < 1.29 is 9.90 Å². The van der Waals surface area contributed by atoms with Crippen molar-refractivity contribution in [3.63, 3.8) is 0 Å². The molecule has 0 saturated heterocycles. The SMILES string of the molecule is O=C(O)[s+]1cc2ccc(Cl)cc2c1. The molecule has 0 aliphatic carbocycles. The average Bonchev–Trinajstić information content (AvgIpc) is 2.46. The summed E-state index contributed by atoms with van der Waals surface area (Å²) in [7, 11) is -0.776. The Balaban J connectivity index is 2.68. The quantitative estimate of drug-likeness (QED) is 0.733. The van der Waals surface area contributed by atoms with Crippen LogP contribution >= 0.6 is 22.1 Å². The minimum Gasteiger partial charge on any atom is -0.437 e. The standard InChI is InChI=1S/C9H5ClO2S/c10-8-2-1-6-4-13(9(11)12)5-7(6)3-8/h1-5H/p+1. The summed E-state index contributed by atoms with van der Waals surface area (Å²) in [6.07, 6.45) is 0. The van der Waals surface area contributed by atoms with Crippen LogP contribution in [0.4, 0.5) is 4.79 Å². The smallest absolute Gasteiger partial charge is 0.437 e. The minimum atomic E-state index is -0.799. The molecule has 1 heterocycles. The number of thiophene rings is 1.